The minimum atomic E-state index is -1.08. The first-order valence-corrected chi connectivity index (χ1v) is 7.44. The minimum Gasteiger partial charge on any atom is -0.480 e. The van der Waals surface area contributed by atoms with E-state index < -0.39 is 17.9 Å². The van der Waals surface area contributed by atoms with E-state index in [2.05, 4.69) is 10.5 Å². The van der Waals surface area contributed by atoms with Gasteiger partial charge in [-0.25, -0.2) is 4.79 Å². The molecule has 2 aromatic rings. The molecule has 2 N–H and O–H groups in total. The van der Waals surface area contributed by atoms with Crippen LogP contribution in [0.1, 0.15) is 47.1 Å². The summed E-state index contributed by atoms with van der Waals surface area (Å²) in [7, 11) is 0. The van der Waals surface area contributed by atoms with E-state index in [1.165, 1.54) is 0 Å². The Kier molecular flexibility index (Phi) is 5.16. The molecule has 0 saturated carbocycles. The van der Waals surface area contributed by atoms with Crippen LogP contribution in [-0.2, 0) is 11.2 Å². The molecule has 1 amide bonds. The summed E-state index contributed by atoms with van der Waals surface area (Å²) in [5, 5.41) is 15.8. The lowest BCUT2D eigenvalue weighted by atomic mass is 10.0. The standard InChI is InChI=1S/C17H20N2O4/c1-10(2)15-14(11(3)19-23-15)16(20)18-13(17(21)22)9-12-7-5-4-6-8-12/h4-8,10,13H,9H2,1-3H3,(H,18,20)(H,21,22)/t13-/m1/s1. The number of hydrogen-bond donors (Lipinski definition) is 2. The van der Waals surface area contributed by atoms with E-state index in [9.17, 15) is 14.7 Å². The molecule has 6 heteroatoms. The monoisotopic (exact) mass is 316 g/mol. The quantitative estimate of drug-likeness (QED) is 0.854. The van der Waals surface area contributed by atoms with Crippen LogP contribution in [0.15, 0.2) is 34.9 Å². The largest absolute Gasteiger partial charge is 0.480 e. The smallest absolute Gasteiger partial charge is 0.326 e. The fourth-order valence-corrected chi connectivity index (χ4v) is 2.34. The number of aromatic nitrogens is 1. The number of aryl methyl sites for hydroxylation is 1. The Bertz CT molecular complexity index is 692. The summed E-state index contributed by atoms with van der Waals surface area (Å²) >= 11 is 0. The van der Waals surface area contributed by atoms with Crippen molar-refractivity contribution in [3.63, 3.8) is 0 Å². The Balaban J connectivity index is 2.19. The van der Waals surface area contributed by atoms with Gasteiger partial charge in [0.15, 0.2) is 5.76 Å². The number of hydrogen-bond acceptors (Lipinski definition) is 4. The SMILES string of the molecule is Cc1noc(C(C)C)c1C(=O)N[C@H](Cc1ccccc1)C(=O)O. The molecule has 0 radical (unpaired) electrons. The van der Waals surface area contributed by atoms with Crippen LogP contribution in [0.4, 0.5) is 0 Å². The fourth-order valence-electron chi connectivity index (χ4n) is 2.34. The van der Waals surface area contributed by atoms with Gasteiger partial charge in [0.2, 0.25) is 0 Å². The molecule has 122 valence electrons. The first-order chi connectivity index (χ1) is 10.9. The third-order valence-corrected chi connectivity index (χ3v) is 3.53. The van der Waals surface area contributed by atoms with Crippen LogP contribution in [0.3, 0.4) is 0 Å². The van der Waals surface area contributed by atoms with Crippen LogP contribution in [0, 0.1) is 6.92 Å². The van der Waals surface area contributed by atoms with E-state index in [0.29, 0.717) is 17.0 Å². The van der Waals surface area contributed by atoms with E-state index in [-0.39, 0.29) is 12.3 Å². The summed E-state index contributed by atoms with van der Waals surface area (Å²) in [6, 6.07) is 8.15. The van der Waals surface area contributed by atoms with E-state index >= 15 is 0 Å². The van der Waals surface area contributed by atoms with Gasteiger partial charge in [0, 0.05) is 12.3 Å². The van der Waals surface area contributed by atoms with Gasteiger partial charge in [-0.15, -0.1) is 0 Å². The number of rotatable bonds is 6. The summed E-state index contributed by atoms with van der Waals surface area (Å²) in [5.41, 5.74) is 1.61. The molecule has 0 spiro atoms. The van der Waals surface area contributed by atoms with Gasteiger partial charge in [0.25, 0.3) is 5.91 Å². The second kappa shape index (κ2) is 7.09. The summed E-state index contributed by atoms with van der Waals surface area (Å²) in [6.45, 7) is 5.43. The number of carboxylic acids is 1. The third-order valence-electron chi connectivity index (χ3n) is 3.53. The number of nitrogens with one attached hydrogen (secondary N) is 1. The molecule has 0 saturated heterocycles. The molecule has 1 aromatic carbocycles. The molecule has 0 unspecified atom stereocenters. The molecule has 0 aliphatic carbocycles. The van der Waals surface area contributed by atoms with Crippen LogP contribution in [0.5, 0.6) is 0 Å². The van der Waals surface area contributed by atoms with Crippen LogP contribution in [0.2, 0.25) is 0 Å². The lowest BCUT2D eigenvalue weighted by Crippen LogP contribution is -2.42. The molecule has 0 aliphatic heterocycles. The molecular weight excluding hydrogens is 296 g/mol. The van der Waals surface area contributed by atoms with Gasteiger partial charge >= 0.3 is 5.97 Å². The number of benzene rings is 1. The van der Waals surface area contributed by atoms with Crippen molar-refractivity contribution in [2.75, 3.05) is 0 Å². The molecule has 1 heterocycles. The number of carboxylic acid groups (broad SMARTS) is 1. The molecule has 23 heavy (non-hydrogen) atoms. The Hall–Kier alpha value is -2.63. The Labute approximate surface area is 134 Å². The maximum absolute atomic E-state index is 12.5. The van der Waals surface area contributed by atoms with Gasteiger partial charge in [0.05, 0.1) is 5.69 Å². The van der Waals surface area contributed by atoms with Gasteiger partial charge in [-0.2, -0.15) is 0 Å². The molecule has 1 aromatic heterocycles. The van der Waals surface area contributed by atoms with Crippen molar-refractivity contribution >= 4 is 11.9 Å². The summed E-state index contributed by atoms with van der Waals surface area (Å²) in [6.07, 6.45) is 0.212. The molecule has 0 aliphatic rings. The lowest BCUT2D eigenvalue weighted by molar-refractivity contribution is -0.139. The second-order valence-corrected chi connectivity index (χ2v) is 5.72. The second-order valence-electron chi connectivity index (χ2n) is 5.72. The summed E-state index contributed by atoms with van der Waals surface area (Å²) in [5.74, 6) is -1.11. The first kappa shape index (κ1) is 16.7. The zero-order valence-electron chi connectivity index (χ0n) is 13.4. The average Bonchev–Trinajstić information content (AvgIpc) is 2.89. The Morgan fingerprint density at radius 1 is 1.26 bits per heavy atom. The zero-order chi connectivity index (χ0) is 17.0. The number of carbonyl (C=O) groups is 2. The number of nitrogens with zero attached hydrogens (tertiary/aromatic N) is 1. The normalized spacial score (nSPS) is 12.2. The van der Waals surface area contributed by atoms with Crippen molar-refractivity contribution in [3.8, 4) is 0 Å². The average molecular weight is 316 g/mol. The summed E-state index contributed by atoms with van der Waals surface area (Å²) in [4.78, 5) is 23.9. The predicted octanol–water partition coefficient (Wildman–Crippen LogP) is 2.53. The first-order valence-electron chi connectivity index (χ1n) is 7.44. The minimum absolute atomic E-state index is 0.0191. The van der Waals surface area contributed by atoms with Gasteiger partial charge in [0.1, 0.15) is 11.6 Å². The lowest BCUT2D eigenvalue weighted by Gasteiger charge is -2.15. The topological polar surface area (TPSA) is 92.4 Å². The van der Waals surface area contributed by atoms with E-state index in [1.807, 2.05) is 44.2 Å². The van der Waals surface area contributed by atoms with E-state index in [1.54, 1.807) is 6.92 Å². The maximum Gasteiger partial charge on any atom is 0.326 e. The molecule has 1 atom stereocenters. The van der Waals surface area contributed by atoms with Crippen LogP contribution >= 0.6 is 0 Å². The van der Waals surface area contributed by atoms with E-state index in [0.717, 1.165) is 5.56 Å². The Morgan fingerprint density at radius 3 is 2.48 bits per heavy atom. The van der Waals surface area contributed by atoms with Gasteiger partial charge < -0.3 is 14.9 Å². The highest BCUT2D eigenvalue weighted by molar-refractivity contribution is 5.98. The highest BCUT2D eigenvalue weighted by atomic mass is 16.5. The highest BCUT2D eigenvalue weighted by Gasteiger charge is 2.27. The molecule has 0 bridgehead atoms. The van der Waals surface area contributed by atoms with Crippen molar-refractivity contribution in [2.24, 2.45) is 0 Å². The highest BCUT2D eigenvalue weighted by Crippen LogP contribution is 2.22. The molecular formula is C17H20N2O4. The molecule has 2 rings (SSSR count). The predicted molar refractivity (Wildman–Crippen MR) is 84.4 cm³/mol. The van der Waals surface area contributed by atoms with Crippen LogP contribution < -0.4 is 5.32 Å². The fraction of sp³-hybridized carbons (Fsp3) is 0.353. The summed E-state index contributed by atoms with van der Waals surface area (Å²) < 4.78 is 5.18. The number of aliphatic carboxylic acids is 1. The molecule has 6 nitrogen and oxygen atoms in total. The van der Waals surface area contributed by atoms with Crippen molar-refractivity contribution in [3.05, 3.63) is 52.9 Å². The zero-order valence-corrected chi connectivity index (χ0v) is 13.4. The maximum atomic E-state index is 12.5. The Morgan fingerprint density at radius 2 is 1.91 bits per heavy atom. The molecule has 0 fully saturated rings. The van der Waals surface area contributed by atoms with Crippen molar-refractivity contribution < 1.29 is 19.2 Å². The van der Waals surface area contributed by atoms with Gasteiger partial charge in [-0.05, 0) is 12.5 Å². The van der Waals surface area contributed by atoms with Crippen LogP contribution in [0.25, 0.3) is 0 Å². The number of carbonyl (C=O) groups excluding carboxylic acids is 1. The number of amides is 1. The van der Waals surface area contributed by atoms with Crippen molar-refractivity contribution in [1.82, 2.24) is 10.5 Å². The third kappa shape index (κ3) is 3.97. The van der Waals surface area contributed by atoms with Gasteiger partial charge in [-0.3, -0.25) is 4.79 Å². The van der Waals surface area contributed by atoms with Crippen LogP contribution in [-0.4, -0.2) is 28.2 Å². The van der Waals surface area contributed by atoms with Crippen molar-refractivity contribution in [2.45, 2.75) is 39.2 Å². The van der Waals surface area contributed by atoms with E-state index in [4.69, 9.17) is 4.52 Å². The van der Waals surface area contributed by atoms with Crippen molar-refractivity contribution in [1.29, 1.82) is 0 Å². The van der Waals surface area contributed by atoms with Gasteiger partial charge in [-0.1, -0.05) is 49.3 Å².